The molecule has 0 amide bonds. The third kappa shape index (κ3) is 5.23. The predicted octanol–water partition coefficient (Wildman–Crippen LogP) is 3.21. The van der Waals surface area contributed by atoms with Crippen LogP contribution in [-0.2, 0) is 38.5 Å². The van der Waals surface area contributed by atoms with E-state index in [0.29, 0.717) is 29.5 Å². The summed E-state index contributed by atoms with van der Waals surface area (Å²) in [5.74, 6) is -0.476. The van der Waals surface area contributed by atoms with E-state index in [1.807, 2.05) is 18.2 Å². The zero-order valence-corrected chi connectivity index (χ0v) is 19.6. The smallest absolute Gasteiger partial charge is 0.270 e. The second-order valence-electron chi connectivity index (χ2n) is 8.55. The molecule has 3 aromatic rings. The van der Waals surface area contributed by atoms with Crippen LogP contribution < -0.4 is 0 Å². The average Bonchev–Trinajstić information content (AvgIpc) is 3.29. The SMILES string of the molecule is CN1CCCC1Cc1c(CS(=O)(=O)O)[nH]c2ccc(CCS(=O)(=O)c3ccccc3)cc12. The Bertz CT molecular complexity index is 1320. The van der Waals surface area contributed by atoms with Crippen molar-refractivity contribution in [1.82, 2.24) is 9.88 Å². The second-order valence-corrected chi connectivity index (χ2v) is 12.1. The Morgan fingerprint density at radius 2 is 1.84 bits per heavy atom. The molecular weight excluding hydrogens is 448 g/mol. The molecular formula is C23H28N2O5S2. The van der Waals surface area contributed by atoms with Gasteiger partial charge in [-0.25, -0.2) is 8.42 Å². The van der Waals surface area contributed by atoms with Gasteiger partial charge >= 0.3 is 0 Å². The van der Waals surface area contributed by atoms with Crippen LogP contribution in [0.4, 0.5) is 0 Å². The van der Waals surface area contributed by atoms with Crippen LogP contribution in [0.1, 0.15) is 29.7 Å². The van der Waals surface area contributed by atoms with Crippen LogP contribution in [0.2, 0.25) is 0 Å². The number of likely N-dealkylation sites (N-methyl/N-ethyl adjacent to an activating group) is 1. The van der Waals surface area contributed by atoms with Gasteiger partial charge in [0.25, 0.3) is 10.1 Å². The monoisotopic (exact) mass is 476 g/mol. The minimum absolute atomic E-state index is 0.00842. The van der Waals surface area contributed by atoms with E-state index < -0.39 is 25.7 Å². The van der Waals surface area contributed by atoms with Crippen molar-refractivity contribution in [3.8, 4) is 0 Å². The predicted molar refractivity (Wildman–Crippen MR) is 125 cm³/mol. The van der Waals surface area contributed by atoms with Gasteiger partial charge in [0.15, 0.2) is 9.84 Å². The Morgan fingerprint density at radius 1 is 1.09 bits per heavy atom. The van der Waals surface area contributed by atoms with E-state index in [2.05, 4.69) is 16.9 Å². The van der Waals surface area contributed by atoms with Gasteiger partial charge in [-0.05, 0) is 74.7 Å². The van der Waals surface area contributed by atoms with Crippen molar-refractivity contribution in [1.29, 1.82) is 0 Å². The maximum atomic E-state index is 12.7. The summed E-state index contributed by atoms with van der Waals surface area (Å²) < 4.78 is 58.0. The average molecular weight is 477 g/mol. The van der Waals surface area contributed by atoms with Gasteiger partial charge in [0.1, 0.15) is 5.75 Å². The number of nitrogens with zero attached hydrogens (tertiary/aromatic N) is 1. The molecule has 172 valence electrons. The van der Waals surface area contributed by atoms with Crippen LogP contribution >= 0.6 is 0 Å². The molecule has 9 heteroatoms. The van der Waals surface area contributed by atoms with E-state index in [-0.39, 0.29) is 5.75 Å². The molecule has 1 aromatic heterocycles. The lowest BCUT2D eigenvalue weighted by molar-refractivity contribution is 0.309. The lowest BCUT2D eigenvalue weighted by Gasteiger charge is -2.19. The summed E-state index contributed by atoms with van der Waals surface area (Å²) in [4.78, 5) is 5.74. The Labute approximate surface area is 189 Å². The minimum Gasteiger partial charge on any atom is -0.357 e. The van der Waals surface area contributed by atoms with Crippen LogP contribution in [0.25, 0.3) is 10.9 Å². The van der Waals surface area contributed by atoms with E-state index >= 15 is 0 Å². The first-order chi connectivity index (χ1) is 15.1. The summed E-state index contributed by atoms with van der Waals surface area (Å²) in [5, 5.41) is 0.888. The van der Waals surface area contributed by atoms with Crippen LogP contribution in [0.3, 0.4) is 0 Å². The number of hydrogen-bond acceptors (Lipinski definition) is 5. The van der Waals surface area contributed by atoms with E-state index in [0.717, 1.165) is 41.4 Å². The molecule has 1 aliphatic heterocycles. The van der Waals surface area contributed by atoms with Crippen LogP contribution in [0, 0.1) is 0 Å². The summed E-state index contributed by atoms with van der Waals surface area (Å²) in [6, 6.07) is 14.4. The molecule has 4 rings (SSSR count). The van der Waals surface area contributed by atoms with Crippen LogP contribution in [0.5, 0.6) is 0 Å². The standard InChI is InChI=1S/C23H28N2O5S2/c1-25-12-5-6-18(25)15-21-20-14-17(9-10-22(20)24-23(21)16-32(28,29)30)11-13-31(26,27)19-7-3-2-4-8-19/h2-4,7-10,14,18,24H,5-6,11-13,15-16H2,1H3,(H,28,29,30). The number of benzene rings is 2. The Morgan fingerprint density at radius 3 is 2.50 bits per heavy atom. The Kier molecular flexibility index (Phi) is 6.44. The topological polar surface area (TPSA) is 108 Å². The molecule has 0 spiro atoms. The van der Waals surface area contributed by atoms with E-state index in [9.17, 15) is 21.4 Å². The van der Waals surface area contributed by atoms with Crippen molar-refractivity contribution in [2.75, 3.05) is 19.3 Å². The Balaban J connectivity index is 1.65. The molecule has 1 atom stereocenters. The number of aryl methyl sites for hydroxylation is 1. The first-order valence-corrected chi connectivity index (χ1v) is 13.9. The molecule has 1 unspecified atom stereocenters. The number of aromatic amines is 1. The van der Waals surface area contributed by atoms with Gasteiger partial charge in [-0.3, -0.25) is 4.55 Å². The van der Waals surface area contributed by atoms with E-state index in [1.54, 1.807) is 30.3 Å². The Hall–Kier alpha value is -2.20. The normalized spacial score (nSPS) is 17.9. The number of fused-ring (bicyclic) bond motifs is 1. The number of nitrogens with one attached hydrogen (secondary N) is 1. The number of likely N-dealkylation sites (tertiary alicyclic amines) is 1. The molecule has 1 fully saturated rings. The van der Waals surface area contributed by atoms with Gasteiger partial charge in [0.2, 0.25) is 0 Å². The van der Waals surface area contributed by atoms with Crippen molar-refractivity contribution >= 4 is 30.9 Å². The molecule has 32 heavy (non-hydrogen) atoms. The molecule has 2 heterocycles. The number of aromatic nitrogens is 1. The maximum Gasteiger partial charge on any atom is 0.270 e. The van der Waals surface area contributed by atoms with Crippen molar-refractivity contribution in [3.63, 3.8) is 0 Å². The van der Waals surface area contributed by atoms with Gasteiger partial charge in [-0.2, -0.15) is 8.42 Å². The lowest BCUT2D eigenvalue weighted by atomic mass is 9.99. The minimum atomic E-state index is -4.19. The molecule has 0 radical (unpaired) electrons. The highest BCUT2D eigenvalue weighted by molar-refractivity contribution is 7.91. The highest BCUT2D eigenvalue weighted by Gasteiger charge is 2.25. The fourth-order valence-corrected chi connectivity index (χ4v) is 6.44. The zero-order chi connectivity index (χ0) is 22.9. The highest BCUT2D eigenvalue weighted by Crippen LogP contribution is 2.30. The van der Waals surface area contributed by atoms with Crippen LogP contribution in [0.15, 0.2) is 53.4 Å². The lowest BCUT2D eigenvalue weighted by Crippen LogP contribution is -2.27. The molecule has 1 aliphatic rings. The number of H-pyrrole nitrogens is 1. The molecule has 0 bridgehead atoms. The summed E-state index contributed by atoms with van der Waals surface area (Å²) in [7, 11) is -5.52. The summed E-state index contributed by atoms with van der Waals surface area (Å²) in [6.45, 7) is 1.00. The largest absolute Gasteiger partial charge is 0.357 e. The van der Waals surface area contributed by atoms with Gasteiger partial charge < -0.3 is 9.88 Å². The summed E-state index contributed by atoms with van der Waals surface area (Å²) >= 11 is 0. The van der Waals surface area contributed by atoms with Gasteiger partial charge in [0, 0.05) is 22.6 Å². The molecule has 2 N–H and O–H groups in total. The van der Waals surface area contributed by atoms with Crippen molar-refractivity contribution in [3.05, 3.63) is 65.4 Å². The second kappa shape index (κ2) is 8.97. The molecule has 2 aromatic carbocycles. The molecule has 7 nitrogen and oxygen atoms in total. The third-order valence-electron chi connectivity index (χ3n) is 6.26. The van der Waals surface area contributed by atoms with Crippen molar-refractivity contribution in [2.24, 2.45) is 0 Å². The number of hydrogen-bond donors (Lipinski definition) is 2. The maximum absolute atomic E-state index is 12.7. The quantitative estimate of drug-likeness (QED) is 0.484. The first-order valence-electron chi connectivity index (χ1n) is 10.7. The van der Waals surface area contributed by atoms with E-state index in [1.165, 1.54) is 0 Å². The fourth-order valence-electron chi connectivity index (χ4n) is 4.52. The summed E-state index contributed by atoms with van der Waals surface area (Å²) in [5.41, 5.74) is 3.03. The number of sulfone groups is 1. The molecule has 0 saturated carbocycles. The van der Waals surface area contributed by atoms with Gasteiger partial charge in [-0.15, -0.1) is 0 Å². The first kappa shape index (κ1) is 23.0. The molecule has 0 aliphatic carbocycles. The van der Waals surface area contributed by atoms with Gasteiger partial charge in [0.05, 0.1) is 10.6 Å². The van der Waals surface area contributed by atoms with Crippen molar-refractivity contribution in [2.45, 2.75) is 42.4 Å². The fraction of sp³-hybridized carbons (Fsp3) is 0.391. The van der Waals surface area contributed by atoms with E-state index in [4.69, 9.17) is 0 Å². The van der Waals surface area contributed by atoms with Crippen molar-refractivity contribution < 1.29 is 21.4 Å². The number of rotatable bonds is 8. The third-order valence-corrected chi connectivity index (χ3v) is 8.64. The highest BCUT2D eigenvalue weighted by atomic mass is 32.2. The van der Waals surface area contributed by atoms with Gasteiger partial charge in [-0.1, -0.05) is 24.3 Å². The molecule has 1 saturated heterocycles. The zero-order valence-electron chi connectivity index (χ0n) is 18.0. The van der Waals surface area contributed by atoms with Crippen LogP contribution in [-0.4, -0.2) is 56.7 Å². The summed E-state index contributed by atoms with van der Waals surface area (Å²) in [6.07, 6.45) is 3.16.